The maximum absolute atomic E-state index is 9.87. The third-order valence-corrected chi connectivity index (χ3v) is 2.61. The first kappa shape index (κ1) is 9.56. The highest BCUT2D eigenvalue weighted by atomic mass is 35.5. The Bertz CT molecular complexity index is 468. The van der Waals surface area contributed by atoms with Crippen molar-refractivity contribution >= 4 is 22.5 Å². The highest BCUT2D eigenvalue weighted by molar-refractivity contribution is 6.32. The number of hydrogen-bond acceptors (Lipinski definition) is 1. The lowest BCUT2D eigenvalue weighted by molar-refractivity contribution is 0.0788. The molecule has 0 fully saturated rings. The van der Waals surface area contributed by atoms with Gasteiger partial charge >= 0.3 is 0 Å². The molecule has 0 atom stereocenters. The molecule has 2 N–H and O–H groups in total. The van der Waals surface area contributed by atoms with E-state index in [9.17, 15) is 5.11 Å². The minimum atomic E-state index is -0.906. The van der Waals surface area contributed by atoms with Crippen LogP contribution in [0, 0.1) is 0 Å². The van der Waals surface area contributed by atoms with Crippen molar-refractivity contribution in [1.29, 1.82) is 0 Å². The van der Waals surface area contributed by atoms with Gasteiger partial charge in [-0.25, -0.2) is 0 Å². The van der Waals surface area contributed by atoms with Crippen molar-refractivity contribution in [3.05, 3.63) is 35.0 Å². The maximum Gasteiger partial charge on any atom is 0.0855 e. The Balaban J connectivity index is 2.71. The Kier molecular flexibility index (Phi) is 2.05. The number of fused-ring (bicyclic) bond motifs is 1. The van der Waals surface area contributed by atoms with Gasteiger partial charge in [-0.05, 0) is 32.0 Å². The van der Waals surface area contributed by atoms with Crippen LogP contribution in [0.5, 0.6) is 0 Å². The number of H-pyrrole nitrogens is 1. The average Bonchev–Trinajstić information content (AvgIpc) is 2.47. The lowest BCUT2D eigenvalue weighted by Crippen LogP contribution is -2.15. The molecule has 0 spiro atoms. The molecular formula is C11H12ClNO. The molecule has 0 saturated heterocycles. The topological polar surface area (TPSA) is 36.0 Å². The van der Waals surface area contributed by atoms with Crippen LogP contribution in [0.2, 0.25) is 5.02 Å². The molecule has 2 rings (SSSR count). The zero-order valence-corrected chi connectivity index (χ0v) is 8.89. The molecule has 2 nitrogen and oxygen atoms in total. The third kappa shape index (κ3) is 1.51. The minimum absolute atomic E-state index is 0.601. The summed E-state index contributed by atoms with van der Waals surface area (Å²) in [4.78, 5) is 3.09. The van der Waals surface area contributed by atoms with Gasteiger partial charge in [-0.15, -0.1) is 0 Å². The van der Waals surface area contributed by atoms with E-state index in [0.717, 1.165) is 16.5 Å². The fraction of sp³-hybridized carbons (Fsp3) is 0.273. The molecule has 0 aliphatic heterocycles. The first-order valence-electron chi connectivity index (χ1n) is 4.48. The second-order valence-corrected chi connectivity index (χ2v) is 4.36. The van der Waals surface area contributed by atoms with Gasteiger partial charge in [0.05, 0.1) is 5.60 Å². The van der Waals surface area contributed by atoms with Gasteiger partial charge in [0.15, 0.2) is 0 Å². The molecule has 2 aromatic rings. The van der Waals surface area contributed by atoms with E-state index in [2.05, 4.69) is 4.98 Å². The number of nitrogens with one attached hydrogen (secondary N) is 1. The van der Waals surface area contributed by atoms with Gasteiger partial charge in [0.1, 0.15) is 0 Å². The number of aliphatic hydroxyl groups is 1. The van der Waals surface area contributed by atoms with Crippen molar-refractivity contribution in [2.75, 3.05) is 0 Å². The van der Waals surface area contributed by atoms with E-state index >= 15 is 0 Å². The summed E-state index contributed by atoms with van der Waals surface area (Å²) in [5.41, 5.74) is 0.830. The lowest BCUT2D eigenvalue weighted by atomic mass is 9.97. The van der Waals surface area contributed by atoms with Crippen molar-refractivity contribution in [3.63, 3.8) is 0 Å². The molecule has 1 heterocycles. The molecule has 0 amide bonds. The molecule has 0 bridgehead atoms. The predicted octanol–water partition coefficient (Wildman–Crippen LogP) is 3.05. The van der Waals surface area contributed by atoms with Gasteiger partial charge in [0, 0.05) is 27.7 Å². The summed E-state index contributed by atoms with van der Waals surface area (Å²) < 4.78 is 0. The zero-order chi connectivity index (χ0) is 10.3. The van der Waals surface area contributed by atoms with Gasteiger partial charge in [-0.2, -0.15) is 0 Å². The number of aromatic amines is 1. The van der Waals surface area contributed by atoms with Crippen LogP contribution in [0.25, 0.3) is 10.9 Å². The van der Waals surface area contributed by atoms with E-state index < -0.39 is 5.60 Å². The van der Waals surface area contributed by atoms with Crippen LogP contribution in [0.15, 0.2) is 24.4 Å². The second-order valence-electron chi connectivity index (χ2n) is 3.96. The number of benzene rings is 1. The first-order chi connectivity index (χ1) is 6.48. The van der Waals surface area contributed by atoms with Crippen molar-refractivity contribution in [3.8, 4) is 0 Å². The third-order valence-electron chi connectivity index (χ3n) is 2.30. The summed E-state index contributed by atoms with van der Waals surface area (Å²) in [7, 11) is 0. The maximum atomic E-state index is 9.87. The molecule has 1 aromatic carbocycles. The monoisotopic (exact) mass is 209 g/mol. The van der Waals surface area contributed by atoms with Gasteiger partial charge in [0.2, 0.25) is 0 Å². The van der Waals surface area contributed by atoms with Crippen LogP contribution in [-0.4, -0.2) is 10.1 Å². The normalized spacial score (nSPS) is 12.3. The SMILES string of the molecule is CC(C)(O)c1cc2[nH]ccc2cc1Cl. The molecule has 0 saturated carbocycles. The first-order valence-corrected chi connectivity index (χ1v) is 4.86. The fourth-order valence-electron chi connectivity index (χ4n) is 1.54. The summed E-state index contributed by atoms with van der Waals surface area (Å²) in [5, 5.41) is 11.5. The van der Waals surface area contributed by atoms with Crippen molar-refractivity contribution in [2.45, 2.75) is 19.4 Å². The van der Waals surface area contributed by atoms with E-state index in [-0.39, 0.29) is 0 Å². The predicted molar refractivity (Wildman–Crippen MR) is 58.6 cm³/mol. The molecule has 74 valence electrons. The summed E-state index contributed by atoms with van der Waals surface area (Å²) in [5.74, 6) is 0. The average molecular weight is 210 g/mol. The van der Waals surface area contributed by atoms with E-state index in [4.69, 9.17) is 11.6 Å². The molecule has 3 heteroatoms. The number of aromatic nitrogens is 1. The minimum Gasteiger partial charge on any atom is -0.386 e. The van der Waals surface area contributed by atoms with Gasteiger partial charge in [-0.3, -0.25) is 0 Å². The molecule has 0 aliphatic carbocycles. The van der Waals surface area contributed by atoms with E-state index in [1.165, 1.54) is 0 Å². The summed E-state index contributed by atoms with van der Waals surface area (Å²) in [6.45, 7) is 3.45. The molecule has 1 aromatic heterocycles. The molecule has 0 unspecified atom stereocenters. The van der Waals surface area contributed by atoms with Crippen LogP contribution in [0.4, 0.5) is 0 Å². The molecule has 14 heavy (non-hydrogen) atoms. The number of halogens is 1. The quantitative estimate of drug-likeness (QED) is 0.744. The summed E-state index contributed by atoms with van der Waals surface area (Å²) >= 11 is 6.07. The van der Waals surface area contributed by atoms with Crippen LogP contribution < -0.4 is 0 Å². The van der Waals surface area contributed by atoms with E-state index in [1.807, 2.05) is 24.4 Å². The Hall–Kier alpha value is -0.990. The van der Waals surface area contributed by atoms with Gasteiger partial charge < -0.3 is 10.1 Å². The Morgan fingerprint density at radius 2 is 2.07 bits per heavy atom. The van der Waals surface area contributed by atoms with Crippen LogP contribution >= 0.6 is 11.6 Å². The molecule has 0 radical (unpaired) electrons. The summed E-state index contributed by atoms with van der Waals surface area (Å²) in [6.07, 6.45) is 1.86. The smallest absolute Gasteiger partial charge is 0.0855 e. The lowest BCUT2D eigenvalue weighted by Gasteiger charge is -2.19. The second kappa shape index (κ2) is 3.01. The van der Waals surface area contributed by atoms with Crippen molar-refractivity contribution in [1.82, 2.24) is 4.98 Å². The Morgan fingerprint density at radius 3 is 2.71 bits per heavy atom. The summed E-state index contributed by atoms with van der Waals surface area (Å²) in [6, 6.07) is 5.70. The number of rotatable bonds is 1. The largest absolute Gasteiger partial charge is 0.386 e. The highest BCUT2D eigenvalue weighted by Crippen LogP contribution is 2.31. The highest BCUT2D eigenvalue weighted by Gasteiger charge is 2.20. The van der Waals surface area contributed by atoms with Crippen molar-refractivity contribution < 1.29 is 5.11 Å². The van der Waals surface area contributed by atoms with Gasteiger partial charge in [0.25, 0.3) is 0 Å². The Labute approximate surface area is 87.5 Å². The molecular weight excluding hydrogens is 198 g/mol. The van der Waals surface area contributed by atoms with Crippen LogP contribution in [-0.2, 0) is 5.60 Å². The standard InChI is InChI=1S/C11H12ClNO/c1-11(2,14)8-6-10-7(3-4-13-10)5-9(8)12/h3-6,13-14H,1-2H3. The van der Waals surface area contributed by atoms with E-state index in [0.29, 0.717) is 5.02 Å². The number of hydrogen-bond donors (Lipinski definition) is 2. The molecule has 0 aliphatic rings. The van der Waals surface area contributed by atoms with Gasteiger partial charge in [-0.1, -0.05) is 11.6 Å². The van der Waals surface area contributed by atoms with E-state index in [1.54, 1.807) is 13.8 Å². The van der Waals surface area contributed by atoms with Crippen LogP contribution in [0.1, 0.15) is 19.4 Å². The van der Waals surface area contributed by atoms with Crippen molar-refractivity contribution in [2.24, 2.45) is 0 Å². The van der Waals surface area contributed by atoms with Crippen LogP contribution in [0.3, 0.4) is 0 Å². The fourth-order valence-corrected chi connectivity index (χ4v) is 1.94. The zero-order valence-electron chi connectivity index (χ0n) is 8.13. The Morgan fingerprint density at radius 1 is 1.36 bits per heavy atom.